The smallest absolute Gasteiger partial charge is 0.125 e. The molecule has 1 rings (SSSR count). The highest BCUT2D eigenvalue weighted by molar-refractivity contribution is 5.42. The zero-order valence-corrected chi connectivity index (χ0v) is 10.0. The van der Waals surface area contributed by atoms with Gasteiger partial charge in [0.2, 0.25) is 0 Å². The normalized spacial score (nSPS) is 10.8. The maximum absolute atomic E-state index is 12.8. The Hall–Kier alpha value is -1.09. The van der Waals surface area contributed by atoms with Crippen LogP contribution in [0.4, 0.5) is 10.1 Å². The average molecular weight is 225 g/mol. The largest absolute Gasteiger partial charge is 0.383 e. The van der Waals surface area contributed by atoms with Gasteiger partial charge in [0.15, 0.2) is 0 Å². The zero-order valence-electron chi connectivity index (χ0n) is 10.0. The molecule has 0 saturated carbocycles. The van der Waals surface area contributed by atoms with Crippen LogP contribution in [-0.4, -0.2) is 19.8 Å². The zero-order chi connectivity index (χ0) is 11.8. The van der Waals surface area contributed by atoms with Crippen molar-refractivity contribution >= 4 is 5.69 Å². The lowest BCUT2D eigenvalue weighted by atomic mass is 10.1. The van der Waals surface area contributed by atoms with Crippen LogP contribution in [0.25, 0.3) is 0 Å². The summed E-state index contributed by atoms with van der Waals surface area (Å²) in [5.74, 6) is 0.460. The lowest BCUT2D eigenvalue weighted by molar-refractivity contribution is 0.132. The monoisotopic (exact) mass is 225 g/mol. The van der Waals surface area contributed by atoms with Crippen LogP contribution < -0.4 is 5.32 Å². The van der Waals surface area contributed by atoms with E-state index in [0.717, 1.165) is 18.7 Å². The highest BCUT2D eigenvalue weighted by Crippen LogP contribution is 2.08. The molecule has 0 radical (unpaired) electrons. The van der Waals surface area contributed by atoms with Crippen molar-refractivity contribution in [3.63, 3.8) is 0 Å². The van der Waals surface area contributed by atoms with Gasteiger partial charge in [-0.1, -0.05) is 19.9 Å². The van der Waals surface area contributed by atoms with Gasteiger partial charge in [-0.2, -0.15) is 0 Å². The van der Waals surface area contributed by atoms with Crippen LogP contribution >= 0.6 is 0 Å². The summed E-state index contributed by atoms with van der Waals surface area (Å²) < 4.78 is 18.3. The number of ether oxygens (including phenoxy) is 1. The van der Waals surface area contributed by atoms with Crippen molar-refractivity contribution in [3.8, 4) is 0 Å². The second-order valence-corrected chi connectivity index (χ2v) is 4.23. The number of hydrogen-bond acceptors (Lipinski definition) is 2. The highest BCUT2D eigenvalue weighted by atomic mass is 19.1. The van der Waals surface area contributed by atoms with E-state index in [4.69, 9.17) is 4.74 Å². The molecule has 1 aromatic carbocycles. The Balaban J connectivity index is 2.07. The van der Waals surface area contributed by atoms with Crippen LogP contribution in [0.1, 0.15) is 20.3 Å². The highest BCUT2D eigenvalue weighted by Gasteiger charge is 1.95. The Labute approximate surface area is 96.8 Å². The minimum atomic E-state index is -0.217. The van der Waals surface area contributed by atoms with Crippen molar-refractivity contribution in [1.82, 2.24) is 0 Å². The van der Waals surface area contributed by atoms with Gasteiger partial charge in [-0.05, 0) is 30.5 Å². The minimum Gasteiger partial charge on any atom is -0.383 e. The summed E-state index contributed by atoms with van der Waals surface area (Å²) in [5, 5.41) is 3.11. The van der Waals surface area contributed by atoms with Gasteiger partial charge < -0.3 is 10.1 Å². The van der Waals surface area contributed by atoms with Gasteiger partial charge in [-0.25, -0.2) is 4.39 Å². The van der Waals surface area contributed by atoms with E-state index in [1.54, 1.807) is 6.07 Å². The Bertz CT molecular complexity index is 302. The fraction of sp³-hybridized carbons (Fsp3) is 0.538. The lowest BCUT2D eigenvalue weighted by Crippen LogP contribution is -2.10. The Morgan fingerprint density at radius 1 is 1.31 bits per heavy atom. The van der Waals surface area contributed by atoms with Crippen molar-refractivity contribution in [2.24, 2.45) is 5.92 Å². The van der Waals surface area contributed by atoms with E-state index < -0.39 is 0 Å². The van der Waals surface area contributed by atoms with E-state index in [1.807, 2.05) is 6.07 Å². The Morgan fingerprint density at radius 3 is 2.81 bits per heavy atom. The fourth-order valence-corrected chi connectivity index (χ4v) is 1.29. The number of benzene rings is 1. The molecule has 1 N–H and O–H groups in total. The van der Waals surface area contributed by atoms with E-state index in [9.17, 15) is 4.39 Å². The summed E-state index contributed by atoms with van der Waals surface area (Å²) in [4.78, 5) is 0. The second kappa shape index (κ2) is 7.23. The first-order valence-electron chi connectivity index (χ1n) is 5.75. The van der Waals surface area contributed by atoms with Crippen LogP contribution in [-0.2, 0) is 4.74 Å². The molecule has 3 heteroatoms. The predicted octanol–water partition coefficient (Wildman–Crippen LogP) is 3.30. The van der Waals surface area contributed by atoms with Gasteiger partial charge in [-0.3, -0.25) is 0 Å². The molecule has 2 nitrogen and oxygen atoms in total. The minimum absolute atomic E-state index is 0.217. The summed E-state index contributed by atoms with van der Waals surface area (Å²) in [6.45, 7) is 6.51. The summed E-state index contributed by atoms with van der Waals surface area (Å²) >= 11 is 0. The molecule has 90 valence electrons. The molecule has 0 saturated heterocycles. The third-order valence-corrected chi connectivity index (χ3v) is 2.24. The van der Waals surface area contributed by atoms with Crippen LogP contribution in [0.2, 0.25) is 0 Å². The Kier molecular flexibility index (Phi) is 5.86. The van der Waals surface area contributed by atoms with Gasteiger partial charge in [0.25, 0.3) is 0 Å². The van der Waals surface area contributed by atoms with Crippen LogP contribution in [0.15, 0.2) is 24.3 Å². The Morgan fingerprint density at radius 2 is 2.12 bits per heavy atom. The van der Waals surface area contributed by atoms with E-state index in [-0.39, 0.29) is 5.82 Å². The molecule has 0 spiro atoms. The predicted molar refractivity (Wildman–Crippen MR) is 65.2 cm³/mol. The molecule has 0 amide bonds. The molecule has 0 heterocycles. The molecule has 0 aliphatic heterocycles. The molecule has 0 aliphatic carbocycles. The molecule has 0 aliphatic rings. The van der Waals surface area contributed by atoms with Gasteiger partial charge in [0.05, 0.1) is 6.61 Å². The van der Waals surface area contributed by atoms with Crippen molar-refractivity contribution < 1.29 is 9.13 Å². The molecular weight excluding hydrogens is 205 g/mol. The number of rotatable bonds is 7. The second-order valence-electron chi connectivity index (χ2n) is 4.23. The summed E-state index contributed by atoms with van der Waals surface area (Å²) in [6, 6.07) is 6.45. The molecule has 1 aromatic rings. The molecule has 0 bridgehead atoms. The standard InChI is InChI=1S/C13H20FNO/c1-11(2)6-8-16-9-7-15-13-5-3-4-12(14)10-13/h3-5,10-11,15H,6-9H2,1-2H3. The van der Waals surface area contributed by atoms with E-state index in [2.05, 4.69) is 19.2 Å². The van der Waals surface area contributed by atoms with Crippen molar-refractivity contribution in [1.29, 1.82) is 0 Å². The van der Waals surface area contributed by atoms with Gasteiger partial charge in [0.1, 0.15) is 5.82 Å². The maximum atomic E-state index is 12.8. The summed E-state index contributed by atoms with van der Waals surface area (Å²) in [6.07, 6.45) is 1.08. The third kappa shape index (κ3) is 5.71. The molecular formula is C13H20FNO. The third-order valence-electron chi connectivity index (χ3n) is 2.24. The van der Waals surface area contributed by atoms with E-state index in [0.29, 0.717) is 19.1 Å². The first-order chi connectivity index (χ1) is 7.68. The van der Waals surface area contributed by atoms with E-state index in [1.165, 1.54) is 12.1 Å². The SMILES string of the molecule is CC(C)CCOCCNc1cccc(F)c1. The maximum Gasteiger partial charge on any atom is 0.125 e. The average Bonchev–Trinajstić information content (AvgIpc) is 2.23. The van der Waals surface area contributed by atoms with Crippen LogP contribution in [0.5, 0.6) is 0 Å². The van der Waals surface area contributed by atoms with Gasteiger partial charge in [-0.15, -0.1) is 0 Å². The number of halogens is 1. The lowest BCUT2D eigenvalue weighted by Gasteiger charge is -2.08. The summed E-state index contributed by atoms with van der Waals surface area (Å²) in [5.41, 5.74) is 0.799. The molecule has 0 unspecified atom stereocenters. The fourth-order valence-electron chi connectivity index (χ4n) is 1.29. The molecule has 16 heavy (non-hydrogen) atoms. The van der Waals surface area contributed by atoms with Crippen molar-refractivity contribution in [2.75, 3.05) is 25.1 Å². The quantitative estimate of drug-likeness (QED) is 0.719. The number of anilines is 1. The molecule has 0 fully saturated rings. The summed E-state index contributed by atoms with van der Waals surface area (Å²) in [7, 11) is 0. The van der Waals surface area contributed by atoms with Crippen LogP contribution in [0, 0.1) is 11.7 Å². The molecule has 0 atom stereocenters. The van der Waals surface area contributed by atoms with Crippen LogP contribution in [0.3, 0.4) is 0 Å². The van der Waals surface area contributed by atoms with Crippen molar-refractivity contribution in [3.05, 3.63) is 30.1 Å². The van der Waals surface area contributed by atoms with E-state index >= 15 is 0 Å². The first-order valence-corrected chi connectivity index (χ1v) is 5.75. The van der Waals surface area contributed by atoms with Crippen molar-refractivity contribution in [2.45, 2.75) is 20.3 Å². The first kappa shape index (κ1) is 13.0. The number of hydrogen-bond donors (Lipinski definition) is 1. The topological polar surface area (TPSA) is 21.3 Å². The van der Waals surface area contributed by atoms with Gasteiger partial charge >= 0.3 is 0 Å². The molecule has 0 aromatic heterocycles. The van der Waals surface area contributed by atoms with Gasteiger partial charge in [0, 0.05) is 18.8 Å². The number of nitrogens with one attached hydrogen (secondary N) is 1.